The summed E-state index contributed by atoms with van der Waals surface area (Å²) < 4.78 is 0. The fourth-order valence-corrected chi connectivity index (χ4v) is 2.49. The largest absolute Gasteiger partial charge is 0.316 e. The van der Waals surface area contributed by atoms with Gasteiger partial charge in [0.05, 0.1) is 0 Å². The van der Waals surface area contributed by atoms with Crippen molar-refractivity contribution in [2.24, 2.45) is 5.92 Å². The Bertz CT molecular complexity index is 392. The minimum atomic E-state index is 0.761. The summed E-state index contributed by atoms with van der Waals surface area (Å²) in [6, 6.07) is 6.28. The third kappa shape index (κ3) is 2.87. The molecule has 0 spiro atoms. The lowest BCUT2D eigenvalue weighted by Gasteiger charge is -2.10. The molecule has 1 fully saturated rings. The van der Waals surface area contributed by atoms with Gasteiger partial charge in [-0.15, -0.1) is 0 Å². The number of allylic oxidation sites excluding steroid dienone is 1. The summed E-state index contributed by atoms with van der Waals surface area (Å²) in [5.41, 5.74) is 3.57. The first-order chi connectivity index (χ1) is 7.65. The van der Waals surface area contributed by atoms with Crippen molar-refractivity contribution in [1.29, 1.82) is 0 Å². The lowest BCUT2D eigenvalue weighted by Crippen LogP contribution is -2.10. The van der Waals surface area contributed by atoms with E-state index in [1.54, 1.807) is 0 Å². The van der Waals surface area contributed by atoms with Crippen molar-refractivity contribution in [1.82, 2.24) is 5.32 Å². The van der Waals surface area contributed by atoms with E-state index in [-0.39, 0.29) is 0 Å². The highest BCUT2D eigenvalue weighted by Gasteiger charge is 2.15. The second-order valence-corrected chi connectivity index (χ2v) is 5.13. The number of hydrogen-bond acceptors (Lipinski definition) is 1. The number of halogens is 1. The fourth-order valence-electron chi connectivity index (χ4n) is 2.24. The van der Waals surface area contributed by atoms with Crippen molar-refractivity contribution >= 4 is 17.2 Å². The first-order valence-electron chi connectivity index (χ1n) is 5.81. The van der Waals surface area contributed by atoms with Crippen LogP contribution >= 0.6 is 11.6 Å². The maximum atomic E-state index is 6.12. The number of hydrogen-bond donors (Lipinski definition) is 1. The highest BCUT2D eigenvalue weighted by atomic mass is 35.5. The molecule has 1 N–H and O–H groups in total. The van der Waals surface area contributed by atoms with Crippen LogP contribution in [0.25, 0.3) is 5.57 Å². The molecule has 1 aromatic carbocycles. The smallest absolute Gasteiger partial charge is 0.0414 e. The van der Waals surface area contributed by atoms with E-state index in [0.717, 1.165) is 41.6 Å². The van der Waals surface area contributed by atoms with Gasteiger partial charge in [0.1, 0.15) is 0 Å². The predicted molar refractivity (Wildman–Crippen MR) is 70.8 cm³/mol. The zero-order valence-electron chi connectivity index (χ0n) is 9.72. The maximum absolute atomic E-state index is 6.12. The molecule has 16 heavy (non-hydrogen) atoms. The summed E-state index contributed by atoms with van der Waals surface area (Å²) in [6.45, 7) is 8.27. The molecule has 0 aromatic heterocycles. The van der Waals surface area contributed by atoms with Crippen LogP contribution in [0.3, 0.4) is 0 Å². The van der Waals surface area contributed by atoms with Gasteiger partial charge >= 0.3 is 0 Å². The molecule has 86 valence electrons. The Morgan fingerprint density at radius 3 is 2.94 bits per heavy atom. The molecular weight excluding hydrogens is 218 g/mol. The molecule has 0 saturated carbocycles. The molecule has 1 nitrogen and oxygen atoms in total. The van der Waals surface area contributed by atoms with Crippen LogP contribution in [0.4, 0.5) is 0 Å². The molecule has 0 aliphatic carbocycles. The first-order valence-corrected chi connectivity index (χ1v) is 6.19. The van der Waals surface area contributed by atoms with E-state index in [9.17, 15) is 0 Å². The van der Waals surface area contributed by atoms with Gasteiger partial charge in [-0.05, 0) is 62.0 Å². The summed E-state index contributed by atoms with van der Waals surface area (Å²) >= 11 is 6.12. The predicted octanol–water partition coefficient (Wildman–Crippen LogP) is 3.53. The van der Waals surface area contributed by atoms with E-state index < -0.39 is 0 Å². The van der Waals surface area contributed by atoms with Gasteiger partial charge in [-0.1, -0.05) is 29.8 Å². The highest BCUT2D eigenvalue weighted by molar-refractivity contribution is 6.30. The number of nitrogens with one attached hydrogen (secondary N) is 1. The maximum Gasteiger partial charge on any atom is 0.0414 e. The molecule has 0 bridgehead atoms. The molecule has 2 rings (SSSR count). The van der Waals surface area contributed by atoms with Gasteiger partial charge in [0.15, 0.2) is 0 Å². The van der Waals surface area contributed by atoms with Crippen LogP contribution in [0.1, 0.15) is 24.5 Å². The van der Waals surface area contributed by atoms with Crippen LogP contribution < -0.4 is 5.32 Å². The molecule has 1 aromatic rings. The minimum absolute atomic E-state index is 0.761. The molecule has 1 aliphatic heterocycles. The summed E-state index contributed by atoms with van der Waals surface area (Å²) in [5.74, 6) is 0.761. The van der Waals surface area contributed by atoms with Crippen LogP contribution in [0, 0.1) is 5.92 Å². The van der Waals surface area contributed by atoms with E-state index in [4.69, 9.17) is 11.6 Å². The molecule has 1 atom stereocenters. The Hall–Kier alpha value is -0.790. The van der Waals surface area contributed by atoms with Crippen molar-refractivity contribution in [2.75, 3.05) is 13.1 Å². The number of rotatable bonds is 3. The van der Waals surface area contributed by atoms with E-state index in [1.165, 1.54) is 12.0 Å². The van der Waals surface area contributed by atoms with Gasteiger partial charge in [0, 0.05) is 5.02 Å². The van der Waals surface area contributed by atoms with Crippen molar-refractivity contribution in [3.63, 3.8) is 0 Å². The SMILES string of the molecule is C=C(C)c1cc(Cl)cc(CC2CCNC2)c1. The van der Waals surface area contributed by atoms with Gasteiger partial charge in [0.25, 0.3) is 0 Å². The van der Waals surface area contributed by atoms with Crippen molar-refractivity contribution in [3.05, 3.63) is 40.9 Å². The highest BCUT2D eigenvalue weighted by Crippen LogP contribution is 2.23. The van der Waals surface area contributed by atoms with Crippen LogP contribution in [-0.2, 0) is 6.42 Å². The second-order valence-electron chi connectivity index (χ2n) is 4.69. The molecule has 1 saturated heterocycles. The minimum Gasteiger partial charge on any atom is -0.316 e. The normalized spacial score (nSPS) is 20.0. The molecule has 1 unspecified atom stereocenters. The van der Waals surface area contributed by atoms with E-state index in [1.807, 2.05) is 13.0 Å². The van der Waals surface area contributed by atoms with Crippen molar-refractivity contribution in [2.45, 2.75) is 19.8 Å². The van der Waals surface area contributed by atoms with Crippen molar-refractivity contribution in [3.8, 4) is 0 Å². The third-order valence-corrected chi connectivity index (χ3v) is 3.36. The van der Waals surface area contributed by atoms with E-state index in [2.05, 4.69) is 24.0 Å². The van der Waals surface area contributed by atoms with Gasteiger partial charge < -0.3 is 5.32 Å². The average molecular weight is 236 g/mol. The zero-order chi connectivity index (χ0) is 11.5. The monoisotopic (exact) mass is 235 g/mol. The molecule has 0 amide bonds. The Kier molecular flexibility index (Phi) is 3.67. The van der Waals surface area contributed by atoms with Gasteiger partial charge in [-0.2, -0.15) is 0 Å². The van der Waals surface area contributed by atoms with Crippen LogP contribution in [0.2, 0.25) is 5.02 Å². The Morgan fingerprint density at radius 2 is 2.31 bits per heavy atom. The Balaban J connectivity index is 2.16. The van der Waals surface area contributed by atoms with E-state index in [0.29, 0.717) is 0 Å². The van der Waals surface area contributed by atoms with Crippen molar-refractivity contribution < 1.29 is 0 Å². The lowest BCUT2D eigenvalue weighted by atomic mass is 9.96. The van der Waals surface area contributed by atoms with Gasteiger partial charge in [-0.25, -0.2) is 0 Å². The first kappa shape index (κ1) is 11.7. The summed E-state index contributed by atoms with van der Waals surface area (Å²) in [4.78, 5) is 0. The van der Waals surface area contributed by atoms with Gasteiger partial charge in [-0.3, -0.25) is 0 Å². The summed E-state index contributed by atoms with van der Waals surface area (Å²) in [6.07, 6.45) is 2.39. The van der Waals surface area contributed by atoms with Crippen LogP contribution in [0.15, 0.2) is 24.8 Å². The third-order valence-electron chi connectivity index (χ3n) is 3.14. The topological polar surface area (TPSA) is 12.0 Å². The Morgan fingerprint density at radius 1 is 1.50 bits per heavy atom. The molecule has 1 aliphatic rings. The fraction of sp³-hybridized carbons (Fsp3) is 0.429. The Labute approximate surface area is 103 Å². The average Bonchev–Trinajstić information content (AvgIpc) is 2.69. The molecule has 1 heterocycles. The quantitative estimate of drug-likeness (QED) is 0.845. The van der Waals surface area contributed by atoms with Crippen LogP contribution in [-0.4, -0.2) is 13.1 Å². The van der Waals surface area contributed by atoms with E-state index >= 15 is 0 Å². The van der Waals surface area contributed by atoms with Gasteiger partial charge in [0.2, 0.25) is 0 Å². The standard InChI is InChI=1S/C14H18ClN/c1-10(2)13-6-12(7-14(15)8-13)5-11-3-4-16-9-11/h6-8,11,16H,1,3-5,9H2,2H3. The summed E-state index contributed by atoms with van der Waals surface area (Å²) in [5, 5.41) is 4.21. The summed E-state index contributed by atoms with van der Waals surface area (Å²) in [7, 11) is 0. The molecular formula is C14H18ClN. The second kappa shape index (κ2) is 5.03. The molecule has 2 heteroatoms. The number of benzene rings is 1. The zero-order valence-corrected chi connectivity index (χ0v) is 10.5. The lowest BCUT2D eigenvalue weighted by molar-refractivity contribution is 0.580. The van der Waals surface area contributed by atoms with Crippen LogP contribution in [0.5, 0.6) is 0 Å². The molecule has 0 radical (unpaired) electrons.